The highest BCUT2D eigenvalue weighted by Gasteiger charge is 2.21. The van der Waals surface area contributed by atoms with Crippen LogP contribution in [0.15, 0.2) is 23.1 Å². The second-order valence-corrected chi connectivity index (χ2v) is 7.75. The van der Waals surface area contributed by atoms with Gasteiger partial charge in [-0.25, -0.2) is 0 Å². The fourth-order valence-electron chi connectivity index (χ4n) is 2.42. The number of carboxylic acids is 1. The minimum Gasteiger partial charge on any atom is -0.490 e. The molecule has 6 nitrogen and oxygen atoms in total. The number of ether oxygens (including phenoxy) is 2. The Hall–Kier alpha value is -1.89. The molecule has 1 aromatic carbocycles. The lowest BCUT2D eigenvalue weighted by molar-refractivity contribution is -0.137. The summed E-state index contributed by atoms with van der Waals surface area (Å²) in [4.78, 5) is 23.7. The van der Waals surface area contributed by atoms with Gasteiger partial charge in [0.15, 0.2) is 11.5 Å². The molecule has 0 radical (unpaired) electrons. The monoisotopic (exact) mass is 367 g/mol. The van der Waals surface area contributed by atoms with Crippen LogP contribution in [0.5, 0.6) is 11.5 Å². The number of aliphatic carboxylic acids is 1. The van der Waals surface area contributed by atoms with Gasteiger partial charge in [0.1, 0.15) is 0 Å². The van der Waals surface area contributed by atoms with E-state index in [0.29, 0.717) is 31.8 Å². The van der Waals surface area contributed by atoms with Crippen molar-refractivity contribution in [3.05, 3.63) is 18.2 Å². The predicted molar refractivity (Wildman–Crippen MR) is 96.5 cm³/mol. The maximum atomic E-state index is 12.1. The maximum Gasteiger partial charge on any atom is 0.303 e. The fraction of sp³-hybridized carbons (Fsp3) is 0.556. The Morgan fingerprint density at radius 3 is 2.64 bits per heavy atom. The number of carbonyl (C=O) groups is 2. The number of hydrogen-bond donors (Lipinski definition) is 2. The summed E-state index contributed by atoms with van der Waals surface area (Å²) in [5.74, 6) is 1.23. The summed E-state index contributed by atoms with van der Waals surface area (Å²) in [7, 11) is 0. The molecule has 1 aliphatic rings. The first-order chi connectivity index (χ1) is 11.9. The van der Waals surface area contributed by atoms with Crippen molar-refractivity contribution in [2.45, 2.75) is 50.0 Å². The van der Waals surface area contributed by atoms with Gasteiger partial charge >= 0.3 is 5.97 Å². The quantitative estimate of drug-likeness (QED) is 0.687. The van der Waals surface area contributed by atoms with Crippen LogP contribution in [0.3, 0.4) is 0 Å². The molecule has 138 valence electrons. The van der Waals surface area contributed by atoms with Crippen molar-refractivity contribution in [2.75, 3.05) is 19.0 Å². The van der Waals surface area contributed by atoms with Crippen LogP contribution in [-0.2, 0) is 9.59 Å². The van der Waals surface area contributed by atoms with E-state index in [1.807, 2.05) is 32.0 Å². The maximum absolute atomic E-state index is 12.1. The number of rotatable bonds is 8. The molecule has 0 aliphatic carbocycles. The number of thioether (sulfide) groups is 1. The van der Waals surface area contributed by atoms with Gasteiger partial charge in [-0.2, -0.15) is 0 Å². The molecule has 0 saturated heterocycles. The van der Waals surface area contributed by atoms with E-state index in [0.717, 1.165) is 22.8 Å². The lowest BCUT2D eigenvalue weighted by Crippen LogP contribution is -2.43. The fourth-order valence-corrected chi connectivity index (χ4v) is 3.29. The van der Waals surface area contributed by atoms with Gasteiger partial charge in [0.25, 0.3) is 0 Å². The molecule has 2 rings (SSSR count). The van der Waals surface area contributed by atoms with Gasteiger partial charge in [-0.1, -0.05) is 0 Å². The Labute approximate surface area is 152 Å². The number of carbonyl (C=O) groups excluding carboxylic acids is 1. The van der Waals surface area contributed by atoms with Crippen LogP contribution >= 0.6 is 11.8 Å². The Morgan fingerprint density at radius 1 is 1.20 bits per heavy atom. The van der Waals surface area contributed by atoms with Crippen LogP contribution in [0.1, 0.15) is 39.5 Å². The average molecular weight is 367 g/mol. The van der Waals surface area contributed by atoms with Crippen LogP contribution in [-0.4, -0.2) is 41.5 Å². The third kappa shape index (κ3) is 6.86. The highest BCUT2D eigenvalue weighted by Crippen LogP contribution is 2.34. The first kappa shape index (κ1) is 19.4. The van der Waals surface area contributed by atoms with Gasteiger partial charge in [-0.05, 0) is 38.5 Å². The number of fused-ring (bicyclic) bond motifs is 1. The van der Waals surface area contributed by atoms with E-state index in [2.05, 4.69) is 5.32 Å². The summed E-state index contributed by atoms with van der Waals surface area (Å²) < 4.78 is 11.3. The summed E-state index contributed by atoms with van der Waals surface area (Å²) >= 11 is 1.58. The molecule has 1 aliphatic heterocycles. The van der Waals surface area contributed by atoms with E-state index in [9.17, 15) is 9.59 Å². The standard InChI is InChI=1S/C18H25NO5S/c1-18(2,8-6-17(21)22)19-16(20)7-11-25-13-4-5-14-15(12-13)24-10-3-9-23-14/h4-5,12H,3,6-11H2,1-2H3,(H,19,20)(H,21,22). The Morgan fingerprint density at radius 2 is 1.92 bits per heavy atom. The van der Waals surface area contributed by atoms with Gasteiger partial charge in [0.2, 0.25) is 5.91 Å². The van der Waals surface area contributed by atoms with Crippen LogP contribution < -0.4 is 14.8 Å². The van der Waals surface area contributed by atoms with Crippen LogP contribution in [0.2, 0.25) is 0 Å². The zero-order valence-electron chi connectivity index (χ0n) is 14.7. The van der Waals surface area contributed by atoms with Crippen molar-refractivity contribution < 1.29 is 24.2 Å². The van der Waals surface area contributed by atoms with Crippen LogP contribution in [0.25, 0.3) is 0 Å². The molecule has 2 N–H and O–H groups in total. The Balaban J connectivity index is 1.77. The molecule has 1 aromatic rings. The number of nitrogens with one attached hydrogen (secondary N) is 1. The first-order valence-electron chi connectivity index (χ1n) is 8.41. The summed E-state index contributed by atoms with van der Waals surface area (Å²) in [6, 6.07) is 5.81. The van der Waals surface area contributed by atoms with E-state index in [1.165, 1.54) is 0 Å². The summed E-state index contributed by atoms with van der Waals surface area (Å²) in [5, 5.41) is 11.6. The van der Waals surface area contributed by atoms with Crippen molar-refractivity contribution in [3.63, 3.8) is 0 Å². The lowest BCUT2D eigenvalue weighted by Gasteiger charge is -2.25. The third-order valence-corrected chi connectivity index (χ3v) is 4.75. The molecular weight excluding hydrogens is 342 g/mol. The van der Waals surface area contributed by atoms with Crippen molar-refractivity contribution in [1.82, 2.24) is 5.32 Å². The smallest absolute Gasteiger partial charge is 0.303 e. The van der Waals surface area contributed by atoms with Gasteiger partial charge in [0, 0.05) is 35.4 Å². The highest BCUT2D eigenvalue weighted by molar-refractivity contribution is 7.99. The zero-order valence-corrected chi connectivity index (χ0v) is 15.5. The first-order valence-corrected chi connectivity index (χ1v) is 9.39. The number of benzene rings is 1. The molecule has 1 heterocycles. The molecule has 0 aromatic heterocycles. The molecule has 0 atom stereocenters. The second-order valence-electron chi connectivity index (χ2n) is 6.58. The molecule has 0 bridgehead atoms. The largest absolute Gasteiger partial charge is 0.490 e. The van der Waals surface area contributed by atoms with Crippen LogP contribution in [0.4, 0.5) is 0 Å². The van der Waals surface area contributed by atoms with E-state index in [1.54, 1.807) is 11.8 Å². The molecule has 0 fully saturated rings. The topological polar surface area (TPSA) is 84.9 Å². The highest BCUT2D eigenvalue weighted by atomic mass is 32.2. The van der Waals surface area contributed by atoms with Gasteiger partial charge in [-0.3, -0.25) is 9.59 Å². The lowest BCUT2D eigenvalue weighted by atomic mass is 9.98. The normalized spacial score (nSPS) is 13.8. The Kier molecular flexibility index (Phi) is 6.99. The molecule has 0 saturated carbocycles. The summed E-state index contributed by atoms with van der Waals surface area (Å²) in [6.07, 6.45) is 1.69. The Bertz CT molecular complexity index is 617. The minimum absolute atomic E-state index is 0.0409. The van der Waals surface area contributed by atoms with Crippen molar-refractivity contribution in [2.24, 2.45) is 0 Å². The van der Waals surface area contributed by atoms with Crippen molar-refractivity contribution in [1.29, 1.82) is 0 Å². The van der Waals surface area contributed by atoms with Crippen molar-refractivity contribution in [3.8, 4) is 11.5 Å². The second kappa shape index (κ2) is 8.99. The number of hydrogen-bond acceptors (Lipinski definition) is 5. The number of amides is 1. The molecule has 1 amide bonds. The van der Waals surface area contributed by atoms with E-state index in [4.69, 9.17) is 14.6 Å². The number of carboxylic acid groups (broad SMARTS) is 1. The zero-order chi connectivity index (χ0) is 18.3. The predicted octanol–water partition coefficient (Wildman–Crippen LogP) is 3.09. The molecule has 0 unspecified atom stereocenters. The van der Waals surface area contributed by atoms with Crippen LogP contribution in [0, 0.1) is 0 Å². The molecule has 0 spiro atoms. The van der Waals surface area contributed by atoms with E-state index >= 15 is 0 Å². The van der Waals surface area contributed by atoms with Gasteiger partial charge < -0.3 is 19.9 Å². The average Bonchev–Trinajstić information content (AvgIpc) is 2.77. The SMILES string of the molecule is CC(C)(CCC(=O)O)NC(=O)CCSc1ccc2c(c1)OCCCO2. The van der Waals surface area contributed by atoms with E-state index < -0.39 is 11.5 Å². The molecular formula is C18H25NO5S. The molecule has 25 heavy (non-hydrogen) atoms. The summed E-state index contributed by atoms with van der Waals surface area (Å²) in [5.41, 5.74) is -0.518. The third-order valence-electron chi connectivity index (χ3n) is 3.76. The minimum atomic E-state index is -0.854. The van der Waals surface area contributed by atoms with Gasteiger partial charge in [-0.15, -0.1) is 11.8 Å². The summed E-state index contributed by atoms with van der Waals surface area (Å²) in [6.45, 7) is 4.99. The van der Waals surface area contributed by atoms with E-state index in [-0.39, 0.29) is 12.3 Å². The molecule has 7 heteroatoms. The van der Waals surface area contributed by atoms with Crippen molar-refractivity contribution >= 4 is 23.6 Å². The van der Waals surface area contributed by atoms with Gasteiger partial charge in [0.05, 0.1) is 13.2 Å².